The molecule has 1 amide bonds. The highest BCUT2D eigenvalue weighted by atomic mass is 79.9. The number of anilines is 1. The highest BCUT2D eigenvalue weighted by Gasteiger charge is 2.19. The zero-order valence-electron chi connectivity index (χ0n) is 10.2. The van der Waals surface area contributed by atoms with E-state index in [9.17, 15) is 9.59 Å². The van der Waals surface area contributed by atoms with Gasteiger partial charge in [-0.25, -0.2) is 4.79 Å². The monoisotopic (exact) mass is 359 g/mol. The summed E-state index contributed by atoms with van der Waals surface area (Å²) in [6.45, 7) is 1.84. The van der Waals surface area contributed by atoms with E-state index < -0.39 is 5.97 Å². The van der Waals surface area contributed by atoms with Crippen LogP contribution in [0.3, 0.4) is 0 Å². The molecule has 0 aromatic carbocycles. The third-order valence-corrected chi connectivity index (χ3v) is 5.08. The Labute approximate surface area is 126 Å². The number of hydrogen-bond acceptors (Lipinski definition) is 5. The van der Waals surface area contributed by atoms with Gasteiger partial charge in [0, 0.05) is 0 Å². The normalized spacial score (nSPS) is 10.3. The molecule has 2 aromatic rings. The maximum Gasteiger partial charge on any atom is 0.350 e. The first kappa shape index (κ1) is 14.2. The number of thiophene rings is 2. The third-order valence-electron chi connectivity index (χ3n) is 2.38. The molecule has 2 rings (SSSR count). The van der Waals surface area contributed by atoms with Gasteiger partial charge < -0.3 is 10.1 Å². The number of hydrogen-bond donors (Lipinski definition) is 1. The third kappa shape index (κ3) is 3.05. The number of carbonyl (C=O) groups is 2. The molecule has 4 nitrogen and oxygen atoms in total. The second kappa shape index (κ2) is 5.85. The Morgan fingerprint density at radius 2 is 2.11 bits per heavy atom. The van der Waals surface area contributed by atoms with Crippen LogP contribution in [0.4, 0.5) is 5.69 Å². The summed E-state index contributed by atoms with van der Waals surface area (Å²) in [5.74, 6) is -0.678. The van der Waals surface area contributed by atoms with Crippen LogP contribution in [0, 0.1) is 6.92 Å². The van der Waals surface area contributed by atoms with Crippen molar-refractivity contribution in [2.45, 2.75) is 6.92 Å². The Morgan fingerprint density at radius 3 is 2.68 bits per heavy atom. The van der Waals surface area contributed by atoms with Gasteiger partial charge in [-0.05, 0) is 45.9 Å². The second-order valence-corrected chi connectivity index (χ2v) is 7.01. The molecular weight excluding hydrogens is 350 g/mol. The maximum atomic E-state index is 12.1. The first-order chi connectivity index (χ1) is 9.02. The second-order valence-electron chi connectivity index (χ2n) is 3.67. The number of amides is 1. The minimum Gasteiger partial charge on any atom is -0.465 e. The summed E-state index contributed by atoms with van der Waals surface area (Å²) in [4.78, 5) is 24.7. The highest BCUT2D eigenvalue weighted by Crippen LogP contribution is 2.30. The van der Waals surface area contributed by atoms with Crippen LogP contribution in [0.5, 0.6) is 0 Å². The fourth-order valence-corrected chi connectivity index (χ4v) is 3.66. The molecule has 0 atom stereocenters. The Morgan fingerprint density at radius 1 is 1.37 bits per heavy atom. The minimum atomic E-state index is -0.444. The average Bonchev–Trinajstić information content (AvgIpc) is 2.96. The minimum absolute atomic E-state index is 0.234. The number of nitrogens with one attached hydrogen (secondary N) is 1. The fraction of sp³-hybridized carbons (Fsp3) is 0.167. The molecule has 100 valence electrons. The number of esters is 1. The van der Waals surface area contributed by atoms with Crippen LogP contribution >= 0.6 is 38.6 Å². The molecule has 0 aliphatic rings. The Kier molecular flexibility index (Phi) is 4.38. The lowest BCUT2D eigenvalue weighted by molar-refractivity contribution is 0.0607. The summed E-state index contributed by atoms with van der Waals surface area (Å²) < 4.78 is 5.58. The van der Waals surface area contributed by atoms with Gasteiger partial charge in [-0.3, -0.25) is 4.79 Å². The summed E-state index contributed by atoms with van der Waals surface area (Å²) in [7, 11) is 1.32. The highest BCUT2D eigenvalue weighted by molar-refractivity contribution is 9.11. The van der Waals surface area contributed by atoms with Gasteiger partial charge in [0.15, 0.2) is 0 Å². The Bertz CT molecular complexity index is 633. The summed E-state index contributed by atoms with van der Waals surface area (Å²) in [6.07, 6.45) is 0. The van der Waals surface area contributed by atoms with Gasteiger partial charge in [0.2, 0.25) is 0 Å². The topological polar surface area (TPSA) is 55.4 Å². The quantitative estimate of drug-likeness (QED) is 0.844. The van der Waals surface area contributed by atoms with Crippen molar-refractivity contribution in [1.82, 2.24) is 0 Å². The van der Waals surface area contributed by atoms with Gasteiger partial charge in [0.1, 0.15) is 4.88 Å². The largest absolute Gasteiger partial charge is 0.465 e. The molecule has 0 bridgehead atoms. The van der Waals surface area contributed by atoms with Crippen molar-refractivity contribution in [1.29, 1.82) is 0 Å². The van der Waals surface area contributed by atoms with Crippen LogP contribution in [0.2, 0.25) is 0 Å². The van der Waals surface area contributed by atoms with Crippen molar-refractivity contribution < 1.29 is 14.3 Å². The van der Waals surface area contributed by atoms with Gasteiger partial charge in [-0.15, -0.1) is 22.7 Å². The molecule has 0 spiro atoms. The van der Waals surface area contributed by atoms with Crippen molar-refractivity contribution in [2.24, 2.45) is 0 Å². The molecule has 0 aliphatic carbocycles. The fourth-order valence-electron chi connectivity index (χ4n) is 1.45. The van der Waals surface area contributed by atoms with Crippen molar-refractivity contribution >= 4 is 56.2 Å². The predicted molar refractivity (Wildman–Crippen MR) is 80.4 cm³/mol. The van der Waals surface area contributed by atoms with E-state index in [1.807, 2.05) is 12.3 Å². The van der Waals surface area contributed by atoms with Crippen molar-refractivity contribution in [3.8, 4) is 0 Å². The number of halogens is 1. The molecular formula is C12H10BrNO3S2. The van der Waals surface area contributed by atoms with E-state index in [4.69, 9.17) is 4.74 Å². The van der Waals surface area contributed by atoms with E-state index in [1.165, 1.54) is 29.8 Å². The van der Waals surface area contributed by atoms with Gasteiger partial charge >= 0.3 is 5.97 Å². The summed E-state index contributed by atoms with van der Waals surface area (Å²) in [6, 6.07) is 3.53. The first-order valence-electron chi connectivity index (χ1n) is 5.26. The maximum absolute atomic E-state index is 12.1. The number of carbonyl (C=O) groups excluding carboxylic acids is 2. The van der Waals surface area contributed by atoms with Gasteiger partial charge in [-0.2, -0.15) is 0 Å². The van der Waals surface area contributed by atoms with Gasteiger partial charge in [0.05, 0.1) is 21.5 Å². The molecule has 0 saturated heterocycles. The molecule has 0 saturated carbocycles. The smallest absolute Gasteiger partial charge is 0.350 e. The van der Waals surface area contributed by atoms with E-state index in [2.05, 4.69) is 21.2 Å². The zero-order chi connectivity index (χ0) is 14.0. The van der Waals surface area contributed by atoms with Crippen LogP contribution in [0.15, 0.2) is 21.3 Å². The molecule has 2 heterocycles. The summed E-state index contributed by atoms with van der Waals surface area (Å²) >= 11 is 5.90. The number of rotatable bonds is 3. The first-order valence-corrected chi connectivity index (χ1v) is 7.75. The van der Waals surface area contributed by atoms with Crippen molar-refractivity contribution in [3.63, 3.8) is 0 Å². The number of ether oxygens (including phenoxy) is 1. The molecule has 0 unspecified atom stereocenters. The van der Waals surface area contributed by atoms with Gasteiger partial charge in [0.25, 0.3) is 5.91 Å². The SMILES string of the molecule is COC(=O)c1scc(C)c1NC(=O)c1ccc(Br)s1. The summed E-state index contributed by atoms with van der Waals surface area (Å²) in [5.41, 5.74) is 1.36. The molecule has 2 aromatic heterocycles. The lowest BCUT2D eigenvalue weighted by Gasteiger charge is -2.05. The van der Waals surface area contributed by atoms with Crippen LogP contribution < -0.4 is 5.32 Å². The Hall–Kier alpha value is -1.18. The van der Waals surface area contributed by atoms with Crippen LogP contribution in [-0.4, -0.2) is 19.0 Å². The number of aryl methyl sites for hydroxylation is 1. The lowest BCUT2D eigenvalue weighted by Crippen LogP contribution is -2.13. The average molecular weight is 360 g/mol. The molecule has 7 heteroatoms. The molecule has 0 fully saturated rings. The Balaban J connectivity index is 2.26. The lowest BCUT2D eigenvalue weighted by atomic mass is 10.2. The summed E-state index contributed by atoms with van der Waals surface area (Å²) in [5, 5.41) is 4.58. The van der Waals surface area contributed by atoms with Crippen molar-refractivity contribution in [2.75, 3.05) is 12.4 Å². The molecule has 19 heavy (non-hydrogen) atoms. The predicted octanol–water partition coefficient (Wildman–Crippen LogP) is 3.92. The molecule has 1 N–H and O–H groups in total. The molecule has 0 aliphatic heterocycles. The standard InChI is InChI=1S/C12H10BrNO3S2/c1-6-5-18-10(12(16)17-2)9(6)14-11(15)7-3-4-8(13)19-7/h3-5H,1-2H3,(H,14,15). The van der Waals surface area contributed by atoms with E-state index in [0.717, 1.165) is 9.35 Å². The zero-order valence-corrected chi connectivity index (χ0v) is 13.4. The van der Waals surface area contributed by atoms with Crippen LogP contribution in [-0.2, 0) is 4.74 Å². The van der Waals surface area contributed by atoms with E-state index in [1.54, 1.807) is 12.1 Å². The van der Waals surface area contributed by atoms with E-state index in [-0.39, 0.29) is 5.91 Å². The van der Waals surface area contributed by atoms with E-state index >= 15 is 0 Å². The van der Waals surface area contributed by atoms with Crippen LogP contribution in [0.1, 0.15) is 24.9 Å². The molecule has 0 radical (unpaired) electrons. The van der Waals surface area contributed by atoms with Gasteiger partial charge in [-0.1, -0.05) is 0 Å². The van der Waals surface area contributed by atoms with Crippen molar-refractivity contribution in [3.05, 3.63) is 36.6 Å². The number of methoxy groups -OCH3 is 1. The van der Waals surface area contributed by atoms with Crippen LogP contribution in [0.25, 0.3) is 0 Å². The van der Waals surface area contributed by atoms with E-state index in [0.29, 0.717) is 15.4 Å².